The highest BCUT2D eigenvalue weighted by atomic mass is 16.2. The van der Waals surface area contributed by atoms with Gasteiger partial charge < -0.3 is 20.9 Å². The van der Waals surface area contributed by atoms with Crippen molar-refractivity contribution in [1.29, 1.82) is 0 Å². The lowest BCUT2D eigenvalue weighted by Gasteiger charge is -2.30. The molecule has 3 rings (SSSR count). The quantitative estimate of drug-likeness (QED) is 0.714. The van der Waals surface area contributed by atoms with Crippen molar-refractivity contribution in [1.82, 2.24) is 20.6 Å². The molecule has 7 nitrogen and oxygen atoms in total. The predicted molar refractivity (Wildman–Crippen MR) is 113 cm³/mol. The Kier molecular flexibility index (Phi) is 6.68. The minimum absolute atomic E-state index is 0.0136. The van der Waals surface area contributed by atoms with E-state index in [2.05, 4.69) is 25.9 Å². The van der Waals surface area contributed by atoms with E-state index >= 15 is 0 Å². The third-order valence-corrected chi connectivity index (χ3v) is 5.14. The molecule has 2 aromatic rings. The smallest absolute Gasteiger partial charge is 0.315 e. The molecule has 1 saturated carbocycles. The third kappa shape index (κ3) is 5.58. The van der Waals surface area contributed by atoms with E-state index in [0.717, 1.165) is 37.1 Å². The molecular weight excluding hydrogens is 352 g/mol. The molecule has 1 aromatic heterocycles. The number of amides is 2. The number of anilines is 2. The van der Waals surface area contributed by atoms with E-state index in [4.69, 9.17) is 0 Å². The van der Waals surface area contributed by atoms with Gasteiger partial charge in [-0.1, -0.05) is 30.3 Å². The Hall–Kier alpha value is -2.83. The topological polar surface area (TPSA) is 82.2 Å². The lowest BCUT2D eigenvalue weighted by atomic mass is 9.91. The maximum Gasteiger partial charge on any atom is 0.315 e. The van der Waals surface area contributed by atoms with Gasteiger partial charge in [-0.15, -0.1) is 0 Å². The van der Waals surface area contributed by atoms with E-state index < -0.39 is 0 Å². The Bertz CT molecular complexity index is 759. The van der Waals surface area contributed by atoms with Crippen LogP contribution in [0.15, 0.2) is 42.6 Å². The Labute approximate surface area is 167 Å². The fraction of sp³-hybridized carbons (Fsp3) is 0.476. The first-order valence-corrected chi connectivity index (χ1v) is 9.90. The van der Waals surface area contributed by atoms with Crippen LogP contribution in [0.3, 0.4) is 0 Å². The molecule has 1 aliphatic rings. The molecule has 2 amide bonds. The van der Waals surface area contributed by atoms with Crippen LogP contribution in [-0.4, -0.2) is 42.2 Å². The van der Waals surface area contributed by atoms with Crippen LogP contribution in [0.2, 0.25) is 0 Å². The van der Waals surface area contributed by atoms with Crippen LogP contribution >= 0.6 is 0 Å². The average Bonchev–Trinajstić information content (AvgIpc) is 2.70. The summed E-state index contributed by atoms with van der Waals surface area (Å²) in [7, 11) is 3.93. The maximum atomic E-state index is 12.3. The van der Waals surface area contributed by atoms with Crippen LogP contribution < -0.4 is 20.9 Å². The van der Waals surface area contributed by atoms with Crippen LogP contribution in [0.25, 0.3) is 0 Å². The molecule has 0 aliphatic heterocycles. The Morgan fingerprint density at radius 1 is 1.07 bits per heavy atom. The zero-order chi connectivity index (χ0) is 19.9. The first-order chi connectivity index (χ1) is 13.5. The van der Waals surface area contributed by atoms with Gasteiger partial charge in [-0.25, -0.2) is 9.78 Å². The van der Waals surface area contributed by atoms with E-state index in [0.29, 0.717) is 12.0 Å². The molecule has 7 heteroatoms. The van der Waals surface area contributed by atoms with Crippen LogP contribution in [0.4, 0.5) is 16.6 Å². The van der Waals surface area contributed by atoms with Gasteiger partial charge in [0, 0.05) is 32.4 Å². The van der Waals surface area contributed by atoms with Crippen molar-refractivity contribution in [2.75, 3.05) is 24.3 Å². The van der Waals surface area contributed by atoms with Gasteiger partial charge >= 0.3 is 6.03 Å². The number of carbonyl (C=O) groups excluding carboxylic acids is 1. The molecule has 150 valence electrons. The highest BCUT2D eigenvalue weighted by Gasteiger charge is 2.23. The van der Waals surface area contributed by atoms with Crippen molar-refractivity contribution in [3.05, 3.63) is 48.2 Å². The zero-order valence-corrected chi connectivity index (χ0v) is 16.9. The molecular formula is C21H30N6O. The standard InChI is InChI=1S/C21H30N6O/c1-15(16-7-5-4-6-8-16)23-21(28)25-18-11-9-17(10-12-18)24-20-22-14-13-19(26-20)27(2)3/h4-8,13-15,17-18H,9-12H2,1-3H3,(H,22,24,26)(H2,23,25,28). The predicted octanol–water partition coefficient (Wildman–Crippen LogP) is 3.33. The van der Waals surface area contributed by atoms with E-state index in [1.165, 1.54) is 0 Å². The second kappa shape index (κ2) is 9.39. The molecule has 0 bridgehead atoms. The molecule has 1 unspecified atom stereocenters. The van der Waals surface area contributed by atoms with E-state index in [1.807, 2.05) is 62.3 Å². The van der Waals surface area contributed by atoms with Crippen LogP contribution in [0.1, 0.15) is 44.2 Å². The Morgan fingerprint density at radius 2 is 1.75 bits per heavy atom. The number of urea groups is 1. The molecule has 0 radical (unpaired) electrons. The van der Waals surface area contributed by atoms with Crippen molar-refractivity contribution in [3.8, 4) is 0 Å². The summed E-state index contributed by atoms with van der Waals surface area (Å²) in [6.07, 6.45) is 5.62. The van der Waals surface area contributed by atoms with Crippen molar-refractivity contribution in [3.63, 3.8) is 0 Å². The summed E-state index contributed by atoms with van der Waals surface area (Å²) >= 11 is 0. The molecule has 0 saturated heterocycles. The van der Waals surface area contributed by atoms with Crippen molar-refractivity contribution in [2.45, 2.75) is 50.7 Å². The summed E-state index contributed by atoms with van der Waals surface area (Å²) in [6.45, 7) is 2.00. The van der Waals surface area contributed by atoms with Gasteiger partial charge in [-0.05, 0) is 44.2 Å². The van der Waals surface area contributed by atoms with Gasteiger partial charge in [-0.3, -0.25) is 0 Å². The maximum absolute atomic E-state index is 12.3. The molecule has 0 spiro atoms. The number of aromatic nitrogens is 2. The normalized spacial score (nSPS) is 20.1. The monoisotopic (exact) mass is 382 g/mol. The number of hydrogen-bond donors (Lipinski definition) is 3. The van der Waals surface area contributed by atoms with E-state index in [1.54, 1.807) is 6.20 Å². The van der Waals surface area contributed by atoms with E-state index in [9.17, 15) is 4.79 Å². The summed E-state index contributed by atoms with van der Waals surface area (Å²) in [5.74, 6) is 1.55. The lowest BCUT2D eigenvalue weighted by Crippen LogP contribution is -2.45. The Morgan fingerprint density at radius 3 is 2.43 bits per heavy atom. The van der Waals surface area contributed by atoms with Gasteiger partial charge in [0.2, 0.25) is 5.95 Å². The first kappa shape index (κ1) is 19.9. The number of nitrogens with zero attached hydrogens (tertiary/aromatic N) is 3. The number of hydrogen-bond acceptors (Lipinski definition) is 5. The van der Waals surface area contributed by atoms with Crippen LogP contribution in [-0.2, 0) is 0 Å². The summed E-state index contributed by atoms with van der Waals surface area (Å²) in [4.78, 5) is 23.1. The fourth-order valence-electron chi connectivity index (χ4n) is 3.48. The third-order valence-electron chi connectivity index (χ3n) is 5.14. The van der Waals surface area contributed by atoms with Gasteiger partial charge in [0.05, 0.1) is 6.04 Å². The summed E-state index contributed by atoms with van der Waals surface area (Å²) < 4.78 is 0. The zero-order valence-electron chi connectivity index (χ0n) is 16.9. The molecule has 3 N–H and O–H groups in total. The first-order valence-electron chi connectivity index (χ1n) is 9.90. The number of nitrogens with one attached hydrogen (secondary N) is 3. The van der Waals surface area contributed by atoms with Crippen molar-refractivity contribution < 1.29 is 4.79 Å². The SMILES string of the molecule is CC(NC(=O)NC1CCC(Nc2nccc(N(C)C)n2)CC1)c1ccccc1. The van der Waals surface area contributed by atoms with Crippen LogP contribution in [0, 0.1) is 0 Å². The number of rotatable bonds is 6. The summed E-state index contributed by atoms with van der Waals surface area (Å²) in [5.41, 5.74) is 1.10. The van der Waals surface area contributed by atoms with Gasteiger partial charge in [0.1, 0.15) is 5.82 Å². The second-order valence-corrected chi connectivity index (χ2v) is 7.58. The molecule has 1 aromatic carbocycles. The van der Waals surface area contributed by atoms with E-state index in [-0.39, 0.29) is 18.1 Å². The number of benzene rings is 1. The summed E-state index contributed by atoms with van der Waals surface area (Å²) in [5, 5.41) is 9.56. The molecule has 1 aliphatic carbocycles. The molecule has 1 fully saturated rings. The minimum Gasteiger partial charge on any atom is -0.363 e. The van der Waals surface area contributed by atoms with Crippen LogP contribution in [0.5, 0.6) is 0 Å². The summed E-state index contributed by atoms with van der Waals surface area (Å²) in [6, 6.07) is 12.3. The van der Waals surface area contributed by atoms with Crippen molar-refractivity contribution >= 4 is 17.8 Å². The molecule has 28 heavy (non-hydrogen) atoms. The molecule has 1 heterocycles. The molecule has 1 atom stereocenters. The number of carbonyl (C=O) groups is 1. The average molecular weight is 383 g/mol. The van der Waals surface area contributed by atoms with Gasteiger partial charge in [-0.2, -0.15) is 4.98 Å². The largest absolute Gasteiger partial charge is 0.363 e. The Balaban J connectivity index is 1.42. The minimum atomic E-state index is -0.102. The highest BCUT2D eigenvalue weighted by molar-refractivity contribution is 5.74. The fourth-order valence-corrected chi connectivity index (χ4v) is 3.48. The van der Waals surface area contributed by atoms with Gasteiger partial charge in [0.15, 0.2) is 0 Å². The van der Waals surface area contributed by atoms with Crippen molar-refractivity contribution in [2.24, 2.45) is 0 Å². The highest BCUT2D eigenvalue weighted by Crippen LogP contribution is 2.22. The van der Waals surface area contributed by atoms with Gasteiger partial charge in [0.25, 0.3) is 0 Å². The lowest BCUT2D eigenvalue weighted by molar-refractivity contribution is 0.229. The second-order valence-electron chi connectivity index (χ2n) is 7.58.